The Labute approximate surface area is 158 Å². The van der Waals surface area contributed by atoms with E-state index in [1.165, 1.54) is 24.8 Å². The fourth-order valence-corrected chi connectivity index (χ4v) is 3.66. The second kappa shape index (κ2) is 10.8. The molecule has 3 nitrogen and oxygen atoms in total. The van der Waals surface area contributed by atoms with Crippen LogP contribution in [0.1, 0.15) is 57.9 Å². The first-order valence-electron chi connectivity index (χ1n) is 9.86. The number of amides is 1. The Kier molecular flexibility index (Phi) is 8.77. The number of carbonyl (C=O) groups excluding carboxylic acids is 1. The molecule has 1 aliphatic heterocycles. The molecule has 0 saturated carbocycles. The molecule has 140 valence electrons. The molecule has 1 saturated heterocycles. The molecule has 1 aromatic carbocycles. The van der Waals surface area contributed by atoms with E-state index >= 15 is 0 Å². The van der Waals surface area contributed by atoms with Gasteiger partial charge in [0.05, 0.1) is 0 Å². The molecular formula is C21H33ClN2O. The Balaban J connectivity index is 1.69. The minimum absolute atomic E-state index is 0.185. The lowest BCUT2D eigenvalue weighted by Crippen LogP contribution is -2.41. The summed E-state index contributed by atoms with van der Waals surface area (Å²) < 4.78 is 0. The molecule has 1 heterocycles. The van der Waals surface area contributed by atoms with E-state index in [1.54, 1.807) is 0 Å². The zero-order valence-corrected chi connectivity index (χ0v) is 16.5. The SMILES string of the molecule is CCCCC(CC)CNC(=O)C1CCN(Cc2ccc(Cl)cc2)CC1. The fraction of sp³-hybridized carbons (Fsp3) is 0.667. The van der Waals surface area contributed by atoms with Gasteiger partial charge in [0.2, 0.25) is 5.91 Å². The van der Waals surface area contributed by atoms with Crippen LogP contribution in [0.15, 0.2) is 24.3 Å². The van der Waals surface area contributed by atoms with Crippen LogP contribution in [-0.2, 0) is 11.3 Å². The summed E-state index contributed by atoms with van der Waals surface area (Å²) in [5.41, 5.74) is 1.29. The molecule has 1 amide bonds. The second-order valence-electron chi connectivity index (χ2n) is 7.34. The summed E-state index contributed by atoms with van der Waals surface area (Å²) in [5, 5.41) is 3.99. The maximum atomic E-state index is 12.5. The summed E-state index contributed by atoms with van der Waals surface area (Å²) in [4.78, 5) is 14.9. The summed E-state index contributed by atoms with van der Waals surface area (Å²) >= 11 is 5.94. The maximum absolute atomic E-state index is 12.5. The summed E-state index contributed by atoms with van der Waals surface area (Å²) in [5.74, 6) is 1.08. The van der Waals surface area contributed by atoms with Gasteiger partial charge in [-0.3, -0.25) is 9.69 Å². The highest BCUT2D eigenvalue weighted by atomic mass is 35.5. The van der Waals surface area contributed by atoms with Gasteiger partial charge in [-0.05, 0) is 56.0 Å². The molecule has 4 heteroatoms. The largest absolute Gasteiger partial charge is 0.356 e. The molecule has 1 atom stereocenters. The number of benzene rings is 1. The number of unbranched alkanes of at least 4 members (excludes halogenated alkanes) is 1. The van der Waals surface area contributed by atoms with E-state index in [0.29, 0.717) is 5.92 Å². The minimum atomic E-state index is 0.185. The van der Waals surface area contributed by atoms with Crippen LogP contribution in [0.3, 0.4) is 0 Å². The monoisotopic (exact) mass is 364 g/mol. The Morgan fingerprint density at radius 3 is 2.52 bits per heavy atom. The van der Waals surface area contributed by atoms with Crippen molar-refractivity contribution in [3.8, 4) is 0 Å². The predicted octanol–water partition coefficient (Wildman–Crippen LogP) is 4.88. The van der Waals surface area contributed by atoms with Crippen molar-refractivity contribution in [2.24, 2.45) is 11.8 Å². The van der Waals surface area contributed by atoms with Crippen molar-refractivity contribution in [2.45, 2.75) is 58.9 Å². The third-order valence-electron chi connectivity index (χ3n) is 5.39. The number of nitrogens with zero attached hydrogens (tertiary/aromatic N) is 1. The number of halogens is 1. The van der Waals surface area contributed by atoms with Gasteiger partial charge in [0.15, 0.2) is 0 Å². The minimum Gasteiger partial charge on any atom is -0.356 e. The van der Waals surface area contributed by atoms with Crippen molar-refractivity contribution in [2.75, 3.05) is 19.6 Å². The van der Waals surface area contributed by atoms with Crippen molar-refractivity contribution in [3.63, 3.8) is 0 Å². The molecule has 1 aromatic rings. The smallest absolute Gasteiger partial charge is 0.223 e. The molecule has 1 unspecified atom stereocenters. The van der Waals surface area contributed by atoms with Gasteiger partial charge in [0.25, 0.3) is 0 Å². The van der Waals surface area contributed by atoms with Crippen LogP contribution in [0.25, 0.3) is 0 Å². The molecule has 1 N–H and O–H groups in total. The summed E-state index contributed by atoms with van der Waals surface area (Å²) in [6, 6.07) is 8.06. The Bertz CT molecular complexity index is 509. The van der Waals surface area contributed by atoms with Crippen LogP contribution in [-0.4, -0.2) is 30.4 Å². The Hall–Kier alpha value is -1.06. The molecule has 0 bridgehead atoms. The second-order valence-corrected chi connectivity index (χ2v) is 7.77. The van der Waals surface area contributed by atoms with E-state index in [4.69, 9.17) is 11.6 Å². The average Bonchev–Trinajstić information content (AvgIpc) is 2.64. The van der Waals surface area contributed by atoms with Crippen LogP contribution >= 0.6 is 11.6 Å². The zero-order chi connectivity index (χ0) is 18.1. The topological polar surface area (TPSA) is 32.3 Å². The molecule has 25 heavy (non-hydrogen) atoms. The van der Waals surface area contributed by atoms with Crippen molar-refractivity contribution in [1.29, 1.82) is 0 Å². The van der Waals surface area contributed by atoms with Gasteiger partial charge in [-0.1, -0.05) is 56.8 Å². The summed E-state index contributed by atoms with van der Waals surface area (Å²) in [6.07, 6.45) is 6.80. The standard InChI is InChI=1S/C21H33ClN2O/c1-3-5-6-17(4-2)15-23-21(25)19-11-13-24(14-12-19)16-18-7-9-20(22)10-8-18/h7-10,17,19H,3-6,11-16H2,1-2H3,(H,23,25). The first-order valence-corrected chi connectivity index (χ1v) is 10.2. The van der Waals surface area contributed by atoms with Gasteiger partial charge in [-0.15, -0.1) is 0 Å². The van der Waals surface area contributed by atoms with Crippen molar-refractivity contribution >= 4 is 17.5 Å². The van der Waals surface area contributed by atoms with Crippen molar-refractivity contribution < 1.29 is 4.79 Å². The van der Waals surface area contributed by atoms with Gasteiger partial charge in [0.1, 0.15) is 0 Å². The number of hydrogen-bond acceptors (Lipinski definition) is 2. The zero-order valence-electron chi connectivity index (χ0n) is 15.8. The lowest BCUT2D eigenvalue weighted by atomic mass is 9.94. The van der Waals surface area contributed by atoms with E-state index in [2.05, 4.69) is 36.2 Å². The number of nitrogens with one attached hydrogen (secondary N) is 1. The molecular weight excluding hydrogens is 332 g/mol. The molecule has 0 spiro atoms. The van der Waals surface area contributed by atoms with Gasteiger partial charge in [0, 0.05) is 24.0 Å². The van der Waals surface area contributed by atoms with E-state index in [9.17, 15) is 4.79 Å². The van der Waals surface area contributed by atoms with Gasteiger partial charge < -0.3 is 5.32 Å². The number of carbonyl (C=O) groups is 1. The van der Waals surface area contributed by atoms with Gasteiger partial charge in [-0.2, -0.15) is 0 Å². The molecule has 0 aliphatic carbocycles. The quantitative estimate of drug-likeness (QED) is 0.676. The van der Waals surface area contributed by atoms with Gasteiger partial charge in [-0.25, -0.2) is 0 Å². The van der Waals surface area contributed by atoms with E-state index in [0.717, 1.165) is 50.5 Å². The Morgan fingerprint density at radius 2 is 1.92 bits per heavy atom. The van der Waals surface area contributed by atoms with Crippen LogP contribution in [0.5, 0.6) is 0 Å². The molecule has 2 rings (SSSR count). The third kappa shape index (κ3) is 6.99. The Morgan fingerprint density at radius 1 is 1.24 bits per heavy atom. The predicted molar refractivity (Wildman–Crippen MR) is 106 cm³/mol. The molecule has 0 aromatic heterocycles. The lowest BCUT2D eigenvalue weighted by Gasteiger charge is -2.31. The first-order chi connectivity index (χ1) is 12.1. The van der Waals surface area contributed by atoms with Crippen molar-refractivity contribution in [3.05, 3.63) is 34.9 Å². The highest BCUT2D eigenvalue weighted by Gasteiger charge is 2.25. The van der Waals surface area contributed by atoms with Crippen LogP contribution in [0.4, 0.5) is 0 Å². The van der Waals surface area contributed by atoms with Gasteiger partial charge >= 0.3 is 0 Å². The fourth-order valence-electron chi connectivity index (χ4n) is 3.53. The summed E-state index contributed by atoms with van der Waals surface area (Å²) in [6.45, 7) is 8.23. The molecule has 1 fully saturated rings. The molecule has 1 aliphatic rings. The van der Waals surface area contributed by atoms with Crippen LogP contribution in [0, 0.1) is 11.8 Å². The highest BCUT2D eigenvalue weighted by Crippen LogP contribution is 2.20. The lowest BCUT2D eigenvalue weighted by molar-refractivity contribution is -0.126. The number of likely N-dealkylation sites (tertiary alicyclic amines) is 1. The normalized spacial score (nSPS) is 17.4. The van der Waals surface area contributed by atoms with Crippen LogP contribution < -0.4 is 5.32 Å². The van der Waals surface area contributed by atoms with Crippen molar-refractivity contribution in [1.82, 2.24) is 10.2 Å². The maximum Gasteiger partial charge on any atom is 0.223 e. The average molecular weight is 365 g/mol. The first kappa shape index (κ1) is 20.3. The third-order valence-corrected chi connectivity index (χ3v) is 5.64. The molecule has 0 radical (unpaired) electrons. The van der Waals surface area contributed by atoms with E-state index in [-0.39, 0.29) is 11.8 Å². The van der Waals surface area contributed by atoms with E-state index in [1.807, 2.05) is 12.1 Å². The number of rotatable bonds is 9. The number of piperidine rings is 1. The number of hydrogen-bond donors (Lipinski definition) is 1. The highest BCUT2D eigenvalue weighted by molar-refractivity contribution is 6.30. The van der Waals surface area contributed by atoms with E-state index < -0.39 is 0 Å². The summed E-state index contributed by atoms with van der Waals surface area (Å²) in [7, 11) is 0. The van der Waals surface area contributed by atoms with Crippen LogP contribution in [0.2, 0.25) is 5.02 Å².